The Morgan fingerprint density at radius 2 is 2.00 bits per heavy atom. The molecule has 1 aromatic rings. The van der Waals surface area contributed by atoms with Crippen LogP contribution in [0.3, 0.4) is 0 Å². The molecule has 0 saturated carbocycles. The van der Waals surface area contributed by atoms with Crippen molar-refractivity contribution in [2.75, 3.05) is 6.54 Å². The fraction of sp³-hybridized carbons (Fsp3) is 0.600. The first-order chi connectivity index (χ1) is 7.66. The summed E-state index contributed by atoms with van der Waals surface area (Å²) < 4.78 is 0. The van der Waals surface area contributed by atoms with Gasteiger partial charge < -0.3 is 5.32 Å². The van der Waals surface area contributed by atoms with Crippen molar-refractivity contribution in [3.63, 3.8) is 0 Å². The van der Waals surface area contributed by atoms with Crippen LogP contribution in [0.25, 0.3) is 0 Å². The number of aryl methyl sites for hydroxylation is 1. The molecular formula is C15H23N. The van der Waals surface area contributed by atoms with Gasteiger partial charge in [0.15, 0.2) is 0 Å². The van der Waals surface area contributed by atoms with E-state index in [4.69, 9.17) is 0 Å². The second kappa shape index (κ2) is 4.58. The highest BCUT2D eigenvalue weighted by Gasteiger charge is 2.36. The van der Waals surface area contributed by atoms with Crippen molar-refractivity contribution in [2.24, 2.45) is 0 Å². The van der Waals surface area contributed by atoms with E-state index in [9.17, 15) is 0 Å². The van der Waals surface area contributed by atoms with Crippen molar-refractivity contribution >= 4 is 0 Å². The Morgan fingerprint density at radius 1 is 1.31 bits per heavy atom. The molecule has 2 atom stereocenters. The molecule has 0 spiro atoms. The molecule has 88 valence electrons. The van der Waals surface area contributed by atoms with E-state index in [1.807, 2.05) is 0 Å². The summed E-state index contributed by atoms with van der Waals surface area (Å²) in [7, 11) is 0. The molecule has 1 aliphatic heterocycles. The van der Waals surface area contributed by atoms with E-state index in [1.165, 1.54) is 30.4 Å². The van der Waals surface area contributed by atoms with Crippen molar-refractivity contribution in [1.29, 1.82) is 0 Å². The zero-order chi connectivity index (χ0) is 11.6. The van der Waals surface area contributed by atoms with Crippen molar-refractivity contribution < 1.29 is 0 Å². The Balaban J connectivity index is 2.20. The molecule has 1 heteroatoms. The van der Waals surface area contributed by atoms with Crippen LogP contribution >= 0.6 is 0 Å². The molecule has 1 N–H and O–H groups in total. The lowest BCUT2D eigenvalue weighted by Crippen LogP contribution is -2.35. The lowest BCUT2D eigenvalue weighted by atomic mass is 9.76. The predicted molar refractivity (Wildman–Crippen MR) is 69.9 cm³/mol. The molecule has 0 bridgehead atoms. The summed E-state index contributed by atoms with van der Waals surface area (Å²) in [5.74, 6) is 0. The van der Waals surface area contributed by atoms with Crippen LogP contribution in [0.4, 0.5) is 0 Å². The molecule has 16 heavy (non-hydrogen) atoms. The predicted octanol–water partition coefficient (Wildman–Crippen LogP) is 3.28. The second-order valence-electron chi connectivity index (χ2n) is 5.29. The summed E-state index contributed by atoms with van der Waals surface area (Å²) in [5, 5.41) is 3.55. The van der Waals surface area contributed by atoms with Crippen molar-refractivity contribution in [2.45, 2.75) is 51.5 Å². The van der Waals surface area contributed by atoms with Gasteiger partial charge in [-0.25, -0.2) is 0 Å². The monoisotopic (exact) mass is 217 g/mol. The van der Waals surface area contributed by atoms with Gasteiger partial charge >= 0.3 is 0 Å². The minimum Gasteiger partial charge on any atom is -0.313 e. The van der Waals surface area contributed by atoms with Crippen LogP contribution < -0.4 is 5.32 Å². The van der Waals surface area contributed by atoms with Crippen LogP contribution in [-0.2, 0) is 11.8 Å². The van der Waals surface area contributed by atoms with Gasteiger partial charge in [-0.1, -0.05) is 44.5 Å². The maximum Gasteiger partial charge on any atom is 0.0133 e. The number of hydrogen-bond acceptors (Lipinski definition) is 1. The van der Waals surface area contributed by atoms with Crippen molar-refractivity contribution in [3.8, 4) is 0 Å². The van der Waals surface area contributed by atoms with Crippen LogP contribution in [0.2, 0.25) is 0 Å². The summed E-state index contributed by atoms with van der Waals surface area (Å²) >= 11 is 0. The Morgan fingerprint density at radius 3 is 2.50 bits per heavy atom. The van der Waals surface area contributed by atoms with Gasteiger partial charge in [0.25, 0.3) is 0 Å². The molecule has 0 amide bonds. The van der Waals surface area contributed by atoms with E-state index in [2.05, 4.69) is 50.4 Å². The average Bonchev–Trinajstić information content (AvgIpc) is 2.62. The van der Waals surface area contributed by atoms with Crippen molar-refractivity contribution in [3.05, 3.63) is 35.4 Å². The Kier molecular flexibility index (Phi) is 3.34. The largest absolute Gasteiger partial charge is 0.313 e. The van der Waals surface area contributed by atoms with Crippen LogP contribution in [0.15, 0.2) is 24.3 Å². The highest BCUT2D eigenvalue weighted by atomic mass is 15.0. The molecule has 1 saturated heterocycles. The first kappa shape index (κ1) is 11.7. The number of benzene rings is 1. The first-order valence-electron chi connectivity index (χ1n) is 6.49. The van der Waals surface area contributed by atoms with E-state index < -0.39 is 0 Å². The molecule has 0 radical (unpaired) electrons. The fourth-order valence-corrected chi connectivity index (χ4v) is 2.73. The van der Waals surface area contributed by atoms with E-state index in [0.29, 0.717) is 11.5 Å². The highest BCUT2D eigenvalue weighted by Crippen LogP contribution is 2.34. The number of hydrogen-bond donors (Lipinski definition) is 1. The summed E-state index contributed by atoms with van der Waals surface area (Å²) in [4.78, 5) is 0. The van der Waals surface area contributed by atoms with Crippen molar-refractivity contribution in [1.82, 2.24) is 5.32 Å². The molecule has 1 aromatic carbocycles. The van der Waals surface area contributed by atoms with Gasteiger partial charge in [-0.3, -0.25) is 0 Å². The molecule has 0 aliphatic carbocycles. The Bertz CT molecular complexity index is 341. The van der Waals surface area contributed by atoms with E-state index in [1.54, 1.807) is 0 Å². The zero-order valence-corrected chi connectivity index (χ0v) is 10.7. The molecule has 1 heterocycles. The summed E-state index contributed by atoms with van der Waals surface area (Å²) in [6.07, 6.45) is 3.68. The lowest BCUT2D eigenvalue weighted by molar-refractivity contribution is 0.427. The van der Waals surface area contributed by atoms with Gasteiger partial charge in [-0.15, -0.1) is 0 Å². The van der Waals surface area contributed by atoms with Crippen LogP contribution in [0.1, 0.15) is 44.7 Å². The standard InChI is InChI=1S/C15H23N/c1-4-5-13-6-8-14(9-7-13)15(3)10-11-16-12(15)2/h6-9,12,16H,4-5,10-11H2,1-3H3. The summed E-state index contributed by atoms with van der Waals surface area (Å²) in [6, 6.07) is 9.84. The number of rotatable bonds is 3. The normalized spacial score (nSPS) is 29.6. The molecular weight excluding hydrogens is 194 g/mol. The molecule has 2 rings (SSSR count). The van der Waals surface area contributed by atoms with Gasteiger partial charge in [-0.2, -0.15) is 0 Å². The minimum atomic E-state index is 0.324. The maximum absolute atomic E-state index is 3.55. The third-order valence-corrected chi connectivity index (χ3v) is 4.20. The topological polar surface area (TPSA) is 12.0 Å². The van der Waals surface area contributed by atoms with E-state index in [0.717, 1.165) is 6.54 Å². The summed E-state index contributed by atoms with van der Waals surface area (Å²) in [6.45, 7) is 8.06. The molecule has 1 aliphatic rings. The highest BCUT2D eigenvalue weighted by molar-refractivity contribution is 5.31. The van der Waals surface area contributed by atoms with Crippen LogP contribution in [0, 0.1) is 0 Å². The zero-order valence-electron chi connectivity index (χ0n) is 10.7. The average molecular weight is 217 g/mol. The quantitative estimate of drug-likeness (QED) is 0.819. The van der Waals surface area contributed by atoms with Gasteiger partial charge in [0.1, 0.15) is 0 Å². The molecule has 1 nitrogen and oxygen atoms in total. The van der Waals surface area contributed by atoms with E-state index in [-0.39, 0.29) is 0 Å². The van der Waals surface area contributed by atoms with Gasteiger partial charge in [0, 0.05) is 11.5 Å². The molecule has 2 unspecified atom stereocenters. The van der Waals surface area contributed by atoms with Gasteiger partial charge in [0.05, 0.1) is 0 Å². The van der Waals surface area contributed by atoms with Gasteiger partial charge in [-0.05, 0) is 37.4 Å². The van der Waals surface area contributed by atoms with Crippen LogP contribution in [-0.4, -0.2) is 12.6 Å². The summed E-state index contributed by atoms with van der Waals surface area (Å²) in [5.41, 5.74) is 3.28. The smallest absolute Gasteiger partial charge is 0.0133 e. The Hall–Kier alpha value is -0.820. The molecule has 1 fully saturated rings. The lowest BCUT2D eigenvalue weighted by Gasteiger charge is -2.29. The fourth-order valence-electron chi connectivity index (χ4n) is 2.73. The third kappa shape index (κ3) is 2.01. The first-order valence-corrected chi connectivity index (χ1v) is 6.49. The SMILES string of the molecule is CCCc1ccc(C2(C)CCNC2C)cc1. The van der Waals surface area contributed by atoms with Crippen LogP contribution in [0.5, 0.6) is 0 Å². The molecule has 0 aromatic heterocycles. The number of nitrogens with one attached hydrogen (secondary N) is 1. The third-order valence-electron chi connectivity index (χ3n) is 4.20. The maximum atomic E-state index is 3.55. The minimum absolute atomic E-state index is 0.324. The van der Waals surface area contributed by atoms with E-state index >= 15 is 0 Å². The van der Waals surface area contributed by atoms with Gasteiger partial charge in [0.2, 0.25) is 0 Å². The Labute approximate surface area is 99.3 Å². The second-order valence-corrected chi connectivity index (χ2v) is 5.29.